The highest BCUT2D eigenvalue weighted by Crippen LogP contribution is 2.28. The van der Waals surface area contributed by atoms with E-state index in [0.29, 0.717) is 0 Å². The summed E-state index contributed by atoms with van der Waals surface area (Å²) in [7, 11) is 0. The molecule has 0 radical (unpaired) electrons. The lowest BCUT2D eigenvalue weighted by Gasteiger charge is -2.13. The highest BCUT2D eigenvalue weighted by atomic mass is 32.2. The highest BCUT2D eigenvalue weighted by molar-refractivity contribution is 8.17. The van der Waals surface area contributed by atoms with Crippen molar-refractivity contribution < 1.29 is 0 Å². The van der Waals surface area contributed by atoms with Gasteiger partial charge in [0.25, 0.3) is 0 Å². The molecular weight excluding hydrogens is 196 g/mol. The molecule has 0 bridgehead atoms. The van der Waals surface area contributed by atoms with E-state index in [9.17, 15) is 0 Å². The fourth-order valence-corrected chi connectivity index (χ4v) is 3.40. The third-order valence-electron chi connectivity index (χ3n) is 2.03. The summed E-state index contributed by atoms with van der Waals surface area (Å²) in [5, 5.41) is 0. The molecule has 0 rings (SSSR count). The van der Waals surface area contributed by atoms with Crippen LogP contribution in [0.5, 0.6) is 0 Å². The minimum Gasteiger partial charge on any atom is -0.148 e. The Morgan fingerprint density at radius 2 is 1.69 bits per heavy atom. The average molecular weight is 218 g/mol. The van der Waals surface area contributed by atoms with Crippen LogP contribution in [0.25, 0.3) is 0 Å². The predicted molar refractivity (Wildman–Crippen MR) is 68.7 cm³/mol. The van der Waals surface area contributed by atoms with E-state index in [0.717, 1.165) is 4.58 Å². The summed E-state index contributed by atoms with van der Waals surface area (Å²) in [6.07, 6.45) is 1.28. The molecule has 0 aliphatic heterocycles. The van der Waals surface area contributed by atoms with E-state index in [1.807, 2.05) is 0 Å². The molecule has 0 amide bonds. The normalized spacial score (nSPS) is 12.7. The number of rotatable bonds is 6. The molecule has 0 aromatic rings. The molecule has 78 valence electrons. The van der Waals surface area contributed by atoms with E-state index in [1.54, 1.807) is 5.57 Å². The number of allylic oxidation sites excluding steroid dienone is 1. The third-order valence-corrected chi connectivity index (χ3v) is 5.18. The summed E-state index contributed by atoms with van der Waals surface area (Å²) in [6.45, 7) is 11.2. The molecule has 0 aliphatic carbocycles. The molecule has 0 aliphatic rings. The second-order valence-corrected chi connectivity index (χ2v) is 6.35. The van der Waals surface area contributed by atoms with Gasteiger partial charge >= 0.3 is 0 Å². The highest BCUT2D eigenvalue weighted by Gasteiger charge is 2.05. The van der Waals surface area contributed by atoms with Crippen LogP contribution >= 0.6 is 23.5 Å². The van der Waals surface area contributed by atoms with Crippen LogP contribution in [0.15, 0.2) is 11.1 Å². The van der Waals surface area contributed by atoms with Gasteiger partial charge in [0.05, 0.1) is 4.58 Å². The Morgan fingerprint density at radius 3 is 2.08 bits per heavy atom. The van der Waals surface area contributed by atoms with E-state index in [1.165, 1.54) is 23.5 Å². The van der Waals surface area contributed by atoms with Crippen LogP contribution in [-0.4, -0.2) is 16.1 Å². The molecule has 0 heterocycles. The van der Waals surface area contributed by atoms with Gasteiger partial charge in [0.1, 0.15) is 0 Å². The Morgan fingerprint density at radius 1 is 1.08 bits per heavy atom. The summed E-state index contributed by atoms with van der Waals surface area (Å²) in [5.41, 5.74) is 3.02. The Labute approximate surface area is 91.9 Å². The second kappa shape index (κ2) is 7.81. The Bertz CT molecular complexity index is 157. The molecule has 0 saturated heterocycles. The molecule has 0 spiro atoms. The van der Waals surface area contributed by atoms with Crippen molar-refractivity contribution in [2.45, 2.75) is 45.6 Å². The van der Waals surface area contributed by atoms with Gasteiger partial charge in [-0.3, -0.25) is 0 Å². The average Bonchev–Trinajstić information content (AvgIpc) is 2.11. The molecule has 0 aromatic heterocycles. The Hall–Kier alpha value is 0.440. The number of thioether (sulfide) groups is 2. The van der Waals surface area contributed by atoms with E-state index in [4.69, 9.17) is 0 Å². The summed E-state index contributed by atoms with van der Waals surface area (Å²) in [4.78, 5) is 0. The van der Waals surface area contributed by atoms with Crippen molar-refractivity contribution in [3.8, 4) is 0 Å². The quantitative estimate of drug-likeness (QED) is 0.473. The molecule has 1 atom stereocenters. The molecule has 0 N–H and O–H groups in total. The van der Waals surface area contributed by atoms with Gasteiger partial charge in [0.2, 0.25) is 0 Å². The number of hydrogen-bond donors (Lipinski definition) is 0. The minimum absolute atomic E-state index is 0.791. The van der Waals surface area contributed by atoms with Crippen LogP contribution in [-0.2, 0) is 0 Å². The van der Waals surface area contributed by atoms with Gasteiger partial charge in [-0.05, 0) is 32.9 Å². The van der Waals surface area contributed by atoms with Crippen LogP contribution in [0.1, 0.15) is 41.0 Å². The second-order valence-electron chi connectivity index (χ2n) is 3.38. The minimum atomic E-state index is 0.791. The Kier molecular flexibility index (Phi) is 8.07. The van der Waals surface area contributed by atoms with E-state index >= 15 is 0 Å². The zero-order valence-corrected chi connectivity index (χ0v) is 11.1. The van der Waals surface area contributed by atoms with Crippen molar-refractivity contribution in [1.82, 2.24) is 0 Å². The summed E-state index contributed by atoms with van der Waals surface area (Å²) in [6, 6.07) is 0. The van der Waals surface area contributed by atoms with Gasteiger partial charge < -0.3 is 0 Å². The predicted octanol–water partition coefficient (Wildman–Crippen LogP) is 4.57. The summed E-state index contributed by atoms with van der Waals surface area (Å²) < 4.78 is 0.791. The lowest BCUT2D eigenvalue weighted by Crippen LogP contribution is -1.98. The first-order valence-electron chi connectivity index (χ1n) is 4.97. The zero-order chi connectivity index (χ0) is 10.3. The molecule has 0 nitrogen and oxygen atoms in total. The lowest BCUT2D eigenvalue weighted by atomic mass is 10.2. The first-order valence-corrected chi connectivity index (χ1v) is 7.07. The summed E-state index contributed by atoms with van der Waals surface area (Å²) in [5.74, 6) is 2.44. The van der Waals surface area contributed by atoms with Gasteiger partial charge in [-0.15, -0.1) is 23.5 Å². The fraction of sp³-hybridized carbons (Fsp3) is 0.818. The topological polar surface area (TPSA) is 0 Å². The van der Waals surface area contributed by atoms with Gasteiger partial charge in [-0.2, -0.15) is 0 Å². The molecule has 2 heteroatoms. The Balaban J connectivity index is 3.78. The molecule has 1 unspecified atom stereocenters. The lowest BCUT2D eigenvalue weighted by molar-refractivity contribution is 1.05. The largest absolute Gasteiger partial charge is 0.148 e. The third kappa shape index (κ3) is 6.50. The van der Waals surface area contributed by atoms with E-state index in [2.05, 4.69) is 58.1 Å². The maximum Gasteiger partial charge on any atom is 0.0503 e. The van der Waals surface area contributed by atoms with Crippen molar-refractivity contribution in [3.63, 3.8) is 0 Å². The molecule has 0 aromatic carbocycles. The maximum absolute atomic E-state index is 2.28. The first kappa shape index (κ1) is 13.4. The summed E-state index contributed by atoms with van der Waals surface area (Å²) >= 11 is 4.16. The van der Waals surface area contributed by atoms with Gasteiger partial charge in [0, 0.05) is 5.75 Å². The van der Waals surface area contributed by atoms with Crippen molar-refractivity contribution in [1.29, 1.82) is 0 Å². The van der Waals surface area contributed by atoms with Gasteiger partial charge in [0.15, 0.2) is 0 Å². The van der Waals surface area contributed by atoms with E-state index < -0.39 is 0 Å². The van der Waals surface area contributed by atoms with Crippen LogP contribution in [0.3, 0.4) is 0 Å². The van der Waals surface area contributed by atoms with Gasteiger partial charge in [-0.25, -0.2) is 0 Å². The van der Waals surface area contributed by atoms with Crippen molar-refractivity contribution in [2.75, 3.05) is 11.5 Å². The molecular formula is C11H22S2. The molecule has 0 saturated carbocycles. The van der Waals surface area contributed by atoms with Crippen LogP contribution in [0.2, 0.25) is 0 Å². The monoisotopic (exact) mass is 218 g/mol. The standard InChI is InChI=1S/C11H22S2/c1-6-11(12-7-2)13-8-10(5)9(3)4/h11H,6-8H2,1-5H3. The van der Waals surface area contributed by atoms with Crippen LogP contribution < -0.4 is 0 Å². The smallest absolute Gasteiger partial charge is 0.0503 e. The fourth-order valence-electron chi connectivity index (χ4n) is 0.832. The molecule has 13 heavy (non-hydrogen) atoms. The van der Waals surface area contributed by atoms with Crippen LogP contribution in [0, 0.1) is 0 Å². The van der Waals surface area contributed by atoms with Crippen molar-refractivity contribution in [2.24, 2.45) is 0 Å². The van der Waals surface area contributed by atoms with Crippen molar-refractivity contribution in [3.05, 3.63) is 11.1 Å². The molecule has 0 fully saturated rings. The first-order chi connectivity index (χ1) is 6.11. The zero-order valence-electron chi connectivity index (χ0n) is 9.52. The maximum atomic E-state index is 2.28. The van der Waals surface area contributed by atoms with Gasteiger partial charge in [-0.1, -0.05) is 25.0 Å². The SMILES string of the molecule is CCSC(CC)SCC(C)=C(C)C. The van der Waals surface area contributed by atoms with Crippen molar-refractivity contribution >= 4 is 23.5 Å². The van der Waals surface area contributed by atoms with E-state index in [-0.39, 0.29) is 0 Å². The van der Waals surface area contributed by atoms with Crippen LogP contribution in [0.4, 0.5) is 0 Å². The number of hydrogen-bond acceptors (Lipinski definition) is 2.